The molecular formula is C21H21N3O7. The van der Waals surface area contributed by atoms with Gasteiger partial charge in [0.2, 0.25) is 0 Å². The van der Waals surface area contributed by atoms with E-state index < -0.39 is 29.7 Å². The normalized spacial score (nSPS) is 10.1. The van der Waals surface area contributed by atoms with Gasteiger partial charge >= 0.3 is 23.8 Å². The van der Waals surface area contributed by atoms with Gasteiger partial charge in [-0.3, -0.25) is 14.4 Å². The maximum Gasteiger partial charge on any atom is 0.394 e. The number of carbonyl (C=O) groups is 5. The average Bonchev–Trinajstić information content (AvgIpc) is 2.74. The van der Waals surface area contributed by atoms with E-state index >= 15 is 0 Å². The Kier molecular flexibility index (Phi) is 7.45. The van der Waals surface area contributed by atoms with Gasteiger partial charge in [0.25, 0.3) is 5.91 Å². The smallest absolute Gasteiger partial charge is 0.394 e. The molecule has 3 amide bonds. The first-order valence-corrected chi connectivity index (χ1v) is 9.31. The summed E-state index contributed by atoms with van der Waals surface area (Å²) >= 11 is 0. The zero-order valence-electron chi connectivity index (χ0n) is 16.8. The quantitative estimate of drug-likeness (QED) is 0.514. The predicted octanol–water partition coefficient (Wildman–Crippen LogP) is 1.96. The molecule has 0 saturated heterocycles. The lowest BCUT2D eigenvalue weighted by molar-refractivity contribution is -0.148. The standard InChI is InChI=1S/C21H21N3O7/c1-3-14-15(9-6-10-16(14)24(4-2)19(27)21(30)31)23-17(25)12-7-5-8-13(11-12)22-18(26)20(28)29/h5-11H,3-4H2,1-2H3,(H,22,26)(H,23,25)(H,28,29)(H,30,31). The van der Waals surface area contributed by atoms with Gasteiger partial charge in [0.05, 0.1) is 0 Å². The minimum atomic E-state index is -1.66. The summed E-state index contributed by atoms with van der Waals surface area (Å²) < 4.78 is 0. The fourth-order valence-corrected chi connectivity index (χ4v) is 2.97. The number of carboxylic acids is 2. The molecule has 2 aromatic carbocycles. The van der Waals surface area contributed by atoms with Gasteiger partial charge in [-0.05, 0) is 49.2 Å². The molecule has 0 bridgehead atoms. The van der Waals surface area contributed by atoms with Gasteiger partial charge in [-0.15, -0.1) is 0 Å². The molecule has 0 heterocycles. The van der Waals surface area contributed by atoms with Crippen molar-refractivity contribution in [2.45, 2.75) is 20.3 Å². The zero-order valence-corrected chi connectivity index (χ0v) is 16.8. The van der Waals surface area contributed by atoms with Crippen LogP contribution in [0.1, 0.15) is 29.8 Å². The number of nitrogens with zero attached hydrogens (tertiary/aromatic N) is 1. The summed E-state index contributed by atoms with van der Waals surface area (Å²) in [7, 11) is 0. The molecule has 0 atom stereocenters. The van der Waals surface area contributed by atoms with E-state index in [1.54, 1.807) is 32.0 Å². The summed E-state index contributed by atoms with van der Waals surface area (Å²) in [6, 6.07) is 10.5. The second-order valence-corrected chi connectivity index (χ2v) is 6.31. The first-order valence-electron chi connectivity index (χ1n) is 9.31. The summed E-state index contributed by atoms with van der Waals surface area (Å²) in [5, 5.41) is 22.6. The largest absolute Gasteiger partial charge is 0.474 e. The van der Waals surface area contributed by atoms with E-state index in [0.29, 0.717) is 23.4 Å². The van der Waals surface area contributed by atoms with E-state index in [0.717, 1.165) is 4.90 Å². The Morgan fingerprint density at radius 1 is 0.903 bits per heavy atom. The molecule has 162 valence electrons. The van der Waals surface area contributed by atoms with Crippen molar-refractivity contribution in [2.24, 2.45) is 0 Å². The van der Waals surface area contributed by atoms with Crippen molar-refractivity contribution >= 4 is 46.7 Å². The third kappa shape index (κ3) is 5.44. The molecule has 2 aromatic rings. The Hall–Kier alpha value is -4.21. The van der Waals surface area contributed by atoms with Crippen molar-refractivity contribution in [3.8, 4) is 0 Å². The molecule has 0 unspecified atom stereocenters. The van der Waals surface area contributed by atoms with Crippen LogP contribution in [0, 0.1) is 0 Å². The number of benzene rings is 2. The fourth-order valence-electron chi connectivity index (χ4n) is 2.97. The number of amides is 3. The van der Waals surface area contributed by atoms with Crippen LogP contribution < -0.4 is 15.5 Å². The van der Waals surface area contributed by atoms with Crippen LogP contribution in [0.25, 0.3) is 0 Å². The van der Waals surface area contributed by atoms with Crippen molar-refractivity contribution in [3.63, 3.8) is 0 Å². The molecule has 10 heteroatoms. The Bertz CT molecular complexity index is 1050. The molecule has 10 nitrogen and oxygen atoms in total. The van der Waals surface area contributed by atoms with Gasteiger partial charge < -0.3 is 25.7 Å². The van der Waals surface area contributed by atoms with Crippen LogP contribution in [0.5, 0.6) is 0 Å². The second-order valence-electron chi connectivity index (χ2n) is 6.31. The van der Waals surface area contributed by atoms with Gasteiger partial charge in [-0.25, -0.2) is 9.59 Å². The monoisotopic (exact) mass is 427 g/mol. The number of hydrogen-bond acceptors (Lipinski definition) is 5. The number of aliphatic carboxylic acids is 2. The van der Waals surface area contributed by atoms with Gasteiger partial charge in [0.15, 0.2) is 0 Å². The highest BCUT2D eigenvalue weighted by atomic mass is 16.4. The summed E-state index contributed by atoms with van der Waals surface area (Å²) in [5.74, 6) is -6.09. The SMILES string of the molecule is CCc1c(NC(=O)c2cccc(NC(=O)C(=O)O)c2)cccc1N(CC)C(=O)C(=O)O. The van der Waals surface area contributed by atoms with E-state index in [9.17, 15) is 24.0 Å². The molecule has 0 radical (unpaired) electrons. The Morgan fingerprint density at radius 2 is 1.58 bits per heavy atom. The number of likely N-dealkylation sites (N-methyl/N-ethyl adjacent to an activating group) is 1. The number of anilines is 3. The first kappa shape index (κ1) is 23.1. The van der Waals surface area contributed by atoms with E-state index in [4.69, 9.17) is 10.2 Å². The third-order valence-electron chi connectivity index (χ3n) is 4.37. The minimum absolute atomic E-state index is 0.126. The van der Waals surface area contributed by atoms with Crippen LogP contribution in [0.4, 0.5) is 17.1 Å². The summed E-state index contributed by atoms with van der Waals surface area (Å²) in [6.07, 6.45) is 0.407. The van der Waals surface area contributed by atoms with E-state index in [1.807, 2.05) is 0 Å². The first-order chi connectivity index (χ1) is 14.7. The van der Waals surface area contributed by atoms with Gasteiger partial charge in [-0.2, -0.15) is 0 Å². The average molecular weight is 427 g/mol. The Labute approximate surface area is 177 Å². The molecule has 0 fully saturated rings. The van der Waals surface area contributed by atoms with Crippen molar-refractivity contribution in [3.05, 3.63) is 53.6 Å². The number of rotatable bonds is 6. The molecule has 2 rings (SSSR count). The van der Waals surface area contributed by atoms with Crippen molar-refractivity contribution in [2.75, 3.05) is 22.1 Å². The highest BCUT2D eigenvalue weighted by Gasteiger charge is 2.24. The summed E-state index contributed by atoms with van der Waals surface area (Å²) in [4.78, 5) is 59.0. The summed E-state index contributed by atoms with van der Waals surface area (Å²) in [5.41, 5.74) is 1.63. The predicted molar refractivity (Wildman–Crippen MR) is 112 cm³/mol. The van der Waals surface area contributed by atoms with Gasteiger partial charge in [0, 0.05) is 29.2 Å². The molecular weight excluding hydrogens is 406 g/mol. The molecule has 0 aromatic heterocycles. The van der Waals surface area contributed by atoms with Gasteiger partial charge in [-0.1, -0.05) is 19.1 Å². The van der Waals surface area contributed by atoms with Crippen LogP contribution in [-0.4, -0.2) is 46.4 Å². The molecule has 4 N–H and O–H groups in total. The van der Waals surface area contributed by atoms with Crippen LogP contribution in [0.3, 0.4) is 0 Å². The number of carboxylic acid groups (broad SMARTS) is 2. The van der Waals surface area contributed by atoms with Crippen LogP contribution in [-0.2, 0) is 25.6 Å². The van der Waals surface area contributed by atoms with Crippen molar-refractivity contribution in [1.29, 1.82) is 0 Å². The molecule has 0 saturated carbocycles. The lowest BCUT2D eigenvalue weighted by Gasteiger charge is -2.23. The van der Waals surface area contributed by atoms with Crippen LogP contribution in [0.15, 0.2) is 42.5 Å². The molecule has 0 aliphatic carbocycles. The fraction of sp³-hybridized carbons (Fsp3) is 0.190. The van der Waals surface area contributed by atoms with Crippen LogP contribution in [0.2, 0.25) is 0 Å². The molecule has 0 spiro atoms. The van der Waals surface area contributed by atoms with E-state index in [1.165, 1.54) is 24.3 Å². The Balaban J connectivity index is 2.34. The molecule has 31 heavy (non-hydrogen) atoms. The van der Waals surface area contributed by atoms with Crippen molar-refractivity contribution < 1.29 is 34.2 Å². The minimum Gasteiger partial charge on any atom is -0.474 e. The number of nitrogens with one attached hydrogen (secondary N) is 2. The van der Waals surface area contributed by atoms with Crippen molar-refractivity contribution in [1.82, 2.24) is 0 Å². The Morgan fingerprint density at radius 3 is 2.16 bits per heavy atom. The number of carbonyl (C=O) groups excluding carboxylic acids is 3. The molecule has 0 aliphatic heterocycles. The lowest BCUT2D eigenvalue weighted by atomic mass is 10.1. The van der Waals surface area contributed by atoms with Gasteiger partial charge in [0.1, 0.15) is 0 Å². The highest BCUT2D eigenvalue weighted by molar-refractivity contribution is 6.37. The third-order valence-corrected chi connectivity index (χ3v) is 4.37. The maximum absolute atomic E-state index is 12.7. The van der Waals surface area contributed by atoms with Crippen LogP contribution >= 0.6 is 0 Å². The lowest BCUT2D eigenvalue weighted by Crippen LogP contribution is -2.37. The van der Waals surface area contributed by atoms with E-state index in [-0.39, 0.29) is 17.8 Å². The number of hydrogen-bond donors (Lipinski definition) is 4. The topological polar surface area (TPSA) is 153 Å². The van der Waals surface area contributed by atoms with E-state index in [2.05, 4.69) is 10.6 Å². The molecule has 0 aliphatic rings. The highest BCUT2D eigenvalue weighted by Crippen LogP contribution is 2.29. The maximum atomic E-state index is 12.7. The zero-order chi connectivity index (χ0) is 23.1. The summed E-state index contributed by atoms with van der Waals surface area (Å²) in [6.45, 7) is 3.57. The second kappa shape index (κ2) is 10.0.